The van der Waals surface area contributed by atoms with Gasteiger partial charge in [-0.2, -0.15) is 0 Å². The summed E-state index contributed by atoms with van der Waals surface area (Å²) < 4.78 is 1.85. The third-order valence-corrected chi connectivity index (χ3v) is 3.35. The van der Waals surface area contributed by atoms with E-state index in [1.54, 1.807) is 0 Å². The number of nitrogens with zero attached hydrogens (tertiary/aromatic N) is 1. The molecule has 0 bridgehead atoms. The monoisotopic (exact) mass is 241 g/mol. The summed E-state index contributed by atoms with van der Waals surface area (Å²) in [7, 11) is 0. The molecule has 0 radical (unpaired) electrons. The van der Waals surface area contributed by atoms with Crippen LogP contribution in [0.5, 0.6) is 0 Å². The molecule has 18 heavy (non-hydrogen) atoms. The standard InChI is InChI=1S/C16H19NO/c1-4-13-8-6-7-9-14(13)15-11-10-12(3)16(18)17(15)5-2/h6-11H,4-5H2,1-3H3. The quantitative estimate of drug-likeness (QED) is 0.807. The molecule has 2 rings (SSSR count). The molecule has 94 valence electrons. The molecule has 0 N–H and O–H groups in total. The maximum Gasteiger partial charge on any atom is 0.253 e. The Morgan fingerprint density at radius 1 is 1.06 bits per heavy atom. The Morgan fingerprint density at radius 3 is 2.44 bits per heavy atom. The fourth-order valence-corrected chi connectivity index (χ4v) is 2.32. The van der Waals surface area contributed by atoms with Crippen molar-refractivity contribution in [2.75, 3.05) is 0 Å². The van der Waals surface area contributed by atoms with Gasteiger partial charge in [0, 0.05) is 17.7 Å². The molecule has 1 heterocycles. The Bertz CT molecular complexity index is 611. The second-order valence-corrected chi connectivity index (χ2v) is 4.46. The molecule has 0 amide bonds. The van der Waals surface area contributed by atoms with Crippen LogP contribution in [0.15, 0.2) is 41.2 Å². The third kappa shape index (κ3) is 2.10. The van der Waals surface area contributed by atoms with Crippen molar-refractivity contribution >= 4 is 0 Å². The fraction of sp³-hybridized carbons (Fsp3) is 0.312. The second kappa shape index (κ2) is 5.21. The van der Waals surface area contributed by atoms with Gasteiger partial charge >= 0.3 is 0 Å². The molecule has 0 saturated carbocycles. The van der Waals surface area contributed by atoms with Gasteiger partial charge in [0.15, 0.2) is 0 Å². The van der Waals surface area contributed by atoms with Gasteiger partial charge in [0.05, 0.1) is 5.69 Å². The van der Waals surface area contributed by atoms with Crippen molar-refractivity contribution in [3.63, 3.8) is 0 Å². The van der Waals surface area contributed by atoms with Crippen molar-refractivity contribution in [1.82, 2.24) is 4.57 Å². The molecule has 0 saturated heterocycles. The molecule has 1 aromatic heterocycles. The molecule has 0 aliphatic carbocycles. The molecule has 2 aromatic rings. The molecule has 0 aliphatic heterocycles. The minimum atomic E-state index is 0.112. The van der Waals surface area contributed by atoms with Crippen LogP contribution < -0.4 is 5.56 Å². The molecule has 0 aliphatic rings. The summed E-state index contributed by atoms with van der Waals surface area (Å²) in [5, 5.41) is 0. The molecule has 0 spiro atoms. The van der Waals surface area contributed by atoms with E-state index in [-0.39, 0.29) is 5.56 Å². The van der Waals surface area contributed by atoms with E-state index >= 15 is 0 Å². The highest BCUT2D eigenvalue weighted by atomic mass is 16.1. The number of hydrogen-bond acceptors (Lipinski definition) is 1. The zero-order chi connectivity index (χ0) is 13.1. The van der Waals surface area contributed by atoms with Gasteiger partial charge in [0.25, 0.3) is 5.56 Å². The van der Waals surface area contributed by atoms with Crippen LogP contribution in [0, 0.1) is 6.92 Å². The smallest absolute Gasteiger partial charge is 0.253 e. The maximum absolute atomic E-state index is 12.2. The highest BCUT2D eigenvalue weighted by Gasteiger charge is 2.09. The molecule has 2 heteroatoms. The van der Waals surface area contributed by atoms with Crippen LogP contribution in [-0.2, 0) is 13.0 Å². The van der Waals surface area contributed by atoms with Gasteiger partial charge in [-0.05, 0) is 31.9 Å². The SMILES string of the molecule is CCc1ccccc1-c1ccc(C)c(=O)n1CC. The van der Waals surface area contributed by atoms with Crippen molar-refractivity contribution in [1.29, 1.82) is 0 Å². The highest BCUT2D eigenvalue weighted by Crippen LogP contribution is 2.23. The number of rotatable bonds is 3. The van der Waals surface area contributed by atoms with Crippen LogP contribution in [0.4, 0.5) is 0 Å². The van der Waals surface area contributed by atoms with Crippen LogP contribution in [0.3, 0.4) is 0 Å². The first-order valence-electron chi connectivity index (χ1n) is 6.47. The van der Waals surface area contributed by atoms with Crippen molar-refractivity contribution in [3.8, 4) is 11.3 Å². The van der Waals surface area contributed by atoms with Crippen LogP contribution in [0.25, 0.3) is 11.3 Å². The Kier molecular flexibility index (Phi) is 3.66. The number of benzene rings is 1. The van der Waals surface area contributed by atoms with Crippen molar-refractivity contribution in [2.45, 2.75) is 33.7 Å². The van der Waals surface area contributed by atoms with E-state index in [0.29, 0.717) is 6.54 Å². The summed E-state index contributed by atoms with van der Waals surface area (Å²) in [5.74, 6) is 0. The van der Waals surface area contributed by atoms with E-state index < -0.39 is 0 Å². The highest BCUT2D eigenvalue weighted by molar-refractivity contribution is 5.64. The van der Waals surface area contributed by atoms with E-state index in [2.05, 4.69) is 25.1 Å². The van der Waals surface area contributed by atoms with Gasteiger partial charge in [-0.3, -0.25) is 4.79 Å². The van der Waals surface area contributed by atoms with E-state index in [4.69, 9.17) is 0 Å². The van der Waals surface area contributed by atoms with E-state index in [1.807, 2.05) is 36.6 Å². The van der Waals surface area contributed by atoms with Crippen molar-refractivity contribution < 1.29 is 0 Å². The largest absolute Gasteiger partial charge is 0.308 e. The van der Waals surface area contributed by atoms with Gasteiger partial charge in [0.1, 0.15) is 0 Å². The van der Waals surface area contributed by atoms with Gasteiger partial charge in [-0.1, -0.05) is 37.3 Å². The summed E-state index contributed by atoms with van der Waals surface area (Å²) >= 11 is 0. The first kappa shape index (κ1) is 12.6. The predicted molar refractivity (Wildman–Crippen MR) is 75.9 cm³/mol. The summed E-state index contributed by atoms with van der Waals surface area (Å²) in [6.07, 6.45) is 0.974. The fourth-order valence-electron chi connectivity index (χ4n) is 2.32. The number of pyridine rings is 1. The third-order valence-electron chi connectivity index (χ3n) is 3.35. The lowest BCUT2D eigenvalue weighted by Crippen LogP contribution is -2.22. The molecule has 2 nitrogen and oxygen atoms in total. The van der Waals surface area contributed by atoms with Crippen LogP contribution in [0.1, 0.15) is 25.0 Å². The molecule has 0 fully saturated rings. The first-order valence-corrected chi connectivity index (χ1v) is 6.47. The molecular weight excluding hydrogens is 222 g/mol. The first-order chi connectivity index (χ1) is 8.69. The lowest BCUT2D eigenvalue weighted by Gasteiger charge is -2.14. The Morgan fingerprint density at radius 2 is 1.78 bits per heavy atom. The summed E-state index contributed by atoms with van der Waals surface area (Å²) in [4.78, 5) is 12.2. The lowest BCUT2D eigenvalue weighted by molar-refractivity contribution is 0.729. The topological polar surface area (TPSA) is 22.0 Å². The van der Waals surface area contributed by atoms with E-state index in [1.165, 1.54) is 11.1 Å². The molecule has 0 unspecified atom stereocenters. The maximum atomic E-state index is 12.2. The van der Waals surface area contributed by atoms with Crippen LogP contribution >= 0.6 is 0 Å². The number of aryl methyl sites for hydroxylation is 2. The predicted octanol–water partition coefficient (Wildman–Crippen LogP) is 3.41. The average Bonchev–Trinajstić information content (AvgIpc) is 2.41. The van der Waals surface area contributed by atoms with Gasteiger partial charge in [0.2, 0.25) is 0 Å². The summed E-state index contributed by atoms with van der Waals surface area (Å²) in [6, 6.07) is 12.3. The summed E-state index contributed by atoms with van der Waals surface area (Å²) in [5.41, 5.74) is 4.38. The number of aromatic nitrogens is 1. The van der Waals surface area contributed by atoms with Gasteiger partial charge in [-0.15, -0.1) is 0 Å². The van der Waals surface area contributed by atoms with Crippen molar-refractivity contribution in [3.05, 3.63) is 57.9 Å². The Labute approximate surface area is 108 Å². The average molecular weight is 241 g/mol. The van der Waals surface area contributed by atoms with Gasteiger partial charge < -0.3 is 4.57 Å². The van der Waals surface area contributed by atoms with Crippen LogP contribution in [0.2, 0.25) is 0 Å². The zero-order valence-corrected chi connectivity index (χ0v) is 11.2. The molecule has 0 atom stereocenters. The lowest BCUT2D eigenvalue weighted by atomic mass is 10.0. The second-order valence-electron chi connectivity index (χ2n) is 4.46. The number of hydrogen-bond donors (Lipinski definition) is 0. The van der Waals surface area contributed by atoms with E-state index in [0.717, 1.165) is 17.7 Å². The van der Waals surface area contributed by atoms with Crippen molar-refractivity contribution in [2.24, 2.45) is 0 Å². The van der Waals surface area contributed by atoms with Gasteiger partial charge in [-0.25, -0.2) is 0 Å². The molecular formula is C16H19NO. The normalized spacial score (nSPS) is 10.6. The Hall–Kier alpha value is -1.83. The summed E-state index contributed by atoms with van der Waals surface area (Å²) in [6.45, 7) is 6.72. The minimum Gasteiger partial charge on any atom is -0.308 e. The van der Waals surface area contributed by atoms with Crippen LogP contribution in [-0.4, -0.2) is 4.57 Å². The zero-order valence-electron chi connectivity index (χ0n) is 11.2. The molecule has 1 aromatic carbocycles. The minimum absolute atomic E-state index is 0.112. The Balaban J connectivity index is 2.71. The van der Waals surface area contributed by atoms with E-state index in [9.17, 15) is 4.79 Å².